The van der Waals surface area contributed by atoms with E-state index in [1.54, 1.807) is 13.2 Å². The lowest BCUT2D eigenvalue weighted by atomic mass is 9.66. The van der Waals surface area contributed by atoms with Gasteiger partial charge in [0.2, 0.25) is 5.60 Å². The predicted octanol–water partition coefficient (Wildman–Crippen LogP) is 6.70. The summed E-state index contributed by atoms with van der Waals surface area (Å²) >= 11 is 0. The zero-order chi connectivity index (χ0) is 25.3. The van der Waals surface area contributed by atoms with Gasteiger partial charge in [0, 0.05) is 16.2 Å². The molecule has 2 aliphatic rings. The van der Waals surface area contributed by atoms with E-state index in [2.05, 4.69) is 18.2 Å². The molecule has 0 radical (unpaired) electrons. The van der Waals surface area contributed by atoms with Crippen molar-refractivity contribution in [3.63, 3.8) is 0 Å². The van der Waals surface area contributed by atoms with Gasteiger partial charge in [-0.2, -0.15) is 0 Å². The number of fused-ring (bicyclic) bond motifs is 4. The first-order valence-corrected chi connectivity index (χ1v) is 12.3. The molecule has 0 spiro atoms. The number of esters is 2. The van der Waals surface area contributed by atoms with E-state index in [-0.39, 0.29) is 5.97 Å². The first-order chi connectivity index (χ1) is 17.2. The standard InChI is InChI=1S/C31H28O5/c1-29(2)30(3)17-18-31(29,36-27(30)32)28(33)35-24-16-8-12-20-10-6-14-22(26(20)24)21-13-5-9-19-11-7-15-23(34-4)25(19)21/h5-16H,17-18H2,1-4H3/t30-,31+/m0/s1. The third-order valence-corrected chi connectivity index (χ3v) is 8.86. The van der Waals surface area contributed by atoms with Crippen molar-refractivity contribution in [2.75, 3.05) is 7.11 Å². The molecular weight excluding hydrogens is 452 g/mol. The number of ether oxygens (including phenoxy) is 3. The van der Waals surface area contributed by atoms with Crippen LogP contribution in [0.5, 0.6) is 11.5 Å². The normalized spacial score (nSPS) is 24.2. The molecule has 36 heavy (non-hydrogen) atoms. The first-order valence-electron chi connectivity index (χ1n) is 12.3. The number of rotatable bonds is 4. The largest absolute Gasteiger partial charge is 0.496 e. The smallest absolute Gasteiger partial charge is 0.356 e. The fourth-order valence-electron chi connectivity index (χ4n) is 6.20. The van der Waals surface area contributed by atoms with Crippen molar-refractivity contribution in [2.24, 2.45) is 10.8 Å². The van der Waals surface area contributed by atoms with Gasteiger partial charge in [-0.15, -0.1) is 0 Å². The molecule has 0 unspecified atom stereocenters. The van der Waals surface area contributed by atoms with Crippen LogP contribution in [0.3, 0.4) is 0 Å². The van der Waals surface area contributed by atoms with E-state index >= 15 is 0 Å². The van der Waals surface area contributed by atoms with Crippen LogP contribution in [0.2, 0.25) is 0 Å². The third kappa shape index (κ3) is 2.77. The number of benzene rings is 4. The molecule has 6 rings (SSSR count). The number of hydrogen-bond donors (Lipinski definition) is 0. The molecule has 1 heterocycles. The summed E-state index contributed by atoms with van der Waals surface area (Å²) in [4.78, 5) is 26.5. The highest BCUT2D eigenvalue weighted by atomic mass is 16.6. The Morgan fingerprint density at radius 2 is 1.31 bits per heavy atom. The molecule has 5 heteroatoms. The lowest BCUT2D eigenvalue weighted by Crippen LogP contribution is -2.50. The van der Waals surface area contributed by atoms with Crippen molar-refractivity contribution in [1.82, 2.24) is 0 Å². The molecule has 2 atom stereocenters. The molecule has 0 amide bonds. The Balaban J connectivity index is 1.52. The summed E-state index contributed by atoms with van der Waals surface area (Å²) in [5.74, 6) is 0.386. The molecule has 1 aliphatic heterocycles. The molecule has 0 N–H and O–H groups in total. The quantitative estimate of drug-likeness (QED) is 0.240. The summed E-state index contributed by atoms with van der Waals surface area (Å²) < 4.78 is 17.6. The second-order valence-electron chi connectivity index (χ2n) is 10.6. The molecule has 4 aromatic rings. The summed E-state index contributed by atoms with van der Waals surface area (Å²) in [6, 6.07) is 23.8. The first kappa shape index (κ1) is 22.6. The Morgan fingerprint density at radius 1 is 0.778 bits per heavy atom. The number of methoxy groups -OCH3 is 1. The van der Waals surface area contributed by atoms with E-state index in [0.29, 0.717) is 18.6 Å². The highest BCUT2D eigenvalue weighted by Crippen LogP contribution is 2.65. The zero-order valence-electron chi connectivity index (χ0n) is 20.9. The van der Waals surface area contributed by atoms with Gasteiger partial charge in [0.15, 0.2) is 0 Å². The van der Waals surface area contributed by atoms with Gasteiger partial charge in [-0.25, -0.2) is 4.79 Å². The second-order valence-corrected chi connectivity index (χ2v) is 10.6. The van der Waals surface area contributed by atoms with Gasteiger partial charge in [0.05, 0.1) is 12.5 Å². The monoisotopic (exact) mass is 480 g/mol. The number of carbonyl (C=O) groups is 2. The average molecular weight is 481 g/mol. The Kier molecular flexibility index (Phi) is 4.75. The van der Waals surface area contributed by atoms with Crippen molar-refractivity contribution >= 4 is 33.5 Å². The van der Waals surface area contributed by atoms with E-state index < -0.39 is 22.4 Å². The maximum atomic E-state index is 13.8. The van der Waals surface area contributed by atoms with Crippen LogP contribution in [0.4, 0.5) is 0 Å². The van der Waals surface area contributed by atoms with Crippen LogP contribution in [0.15, 0.2) is 72.8 Å². The molecule has 0 aromatic heterocycles. The minimum Gasteiger partial charge on any atom is -0.496 e. The molecule has 182 valence electrons. The molecule has 1 aliphatic carbocycles. The van der Waals surface area contributed by atoms with Gasteiger partial charge in [0.25, 0.3) is 0 Å². The highest BCUT2D eigenvalue weighted by molar-refractivity contribution is 6.10. The number of hydrogen-bond acceptors (Lipinski definition) is 5. The van der Waals surface area contributed by atoms with Crippen molar-refractivity contribution in [3.05, 3.63) is 72.8 Å². The van der Waals surface area contributed by atoms with Crippen LogP contribution in [0, 0.1) is 10.8 Å². The van der Waals surface area contributed by atoms with Gasteiger partial charge in [-0.3, -0.25) is 4.79 Å². The van der Waals surface area contributed by atoms with Crippen LogP contribution >= 0.6 is 0 Å². The van der Waals surface area contributed by atoms with E-state index in [9.17, 15) is 9.59 Å². The van der Waals surface area contributed by atoms with Crippen LogP contribution < -0.4 is 9.47 Å². The van der Waals surface area contributed by atoms with Crippen LogP contribution in [-0.2, 0) is 14.3 Å². The maximum absolute atomic E-state index is 13.8. The zero-order valence-corrected chi connectivity index (χ0v) is 20.9. The predicted molar refractivity (Wildman–Crippen MR) is 139 cm³/mol. The molecule has 2 bridgehead atoms. The molecule has 2 fully saturated rings. The van der Waals surface area contributed by atoms with Crippen molar-refractivity contribution in [3.8, 4) is 22.6 Å². The summed E-state index contributed by atoms with van der Waals surface area (Å²) in [5, 5.41) is 3.82. The van der Waals surface area contributed by atoms with E-state index in [1.165, 1.54) is 0 Å². The van der Waals surface area contributed by atoms with Gasteiger partial charge < -0.3 is 14.2 Å². The average Bonchev–Trinajstić information content (AvgIpc) is 3.18. The van der Waals surface area contributed by atoms with Crippen LogP contribution in [0.1, 0.15) is 33.6 Å². The minimum absolute atomic E-state index is 0.322. The summed E-state index contributed by atoms with van der Waals surface area (Å²) in [6.07, 6.45) is 1.06. The topological polar surface area (TPSA) is 61.8 Å². The Labute approximate surface area is 210 Å². The fraction of sp³-hybridized carbons (Fsp3) is 0.290. The molecule has 5 nitrogen and oxygen atoms in total. The lowest BCUT2D eigenvalue weighted by molar-refractivity contribution is -0.176. The van der Waals surface area contributed by atoms with Crippen LogP contribution in [0.25, 0.3) is 32.7 Å². The molecule has 1 saturated carbocycles. The summed E-state index contributed by atoms with van der Waals surface area (Å²) in [5.41, 5.74) is -0.751. The van der Waals surface area contributed by atoms with Gasteiger partial charge in [0.1, 0.15) is 11.5 Å². The van der Waals surface area contributed by atoms with Crippen LogP contribution in [-0.4, -0.2) is 24.6 Å². The summed E-state index contributed by atoms with van der Waals surface area (Å²) in [7, 11) is 1.67. The Bertz CT molecular complexity index is 1560. The molecule has 4 aromatic carbocycles. The van der Waals surface area contributed by atoms with E-state index in [1.807, 2.05) is 69.3 Å². The lowest BCUT2D eigenvalue weighted by Gasteiger charge is -2.34. The van der Waals surface area contributed by atoms with Crippen molar-refractivity contribution < 1.29 is 23.8 Å². The second kappa shape index (κ2) is 7.57. The Hall–Kier alpha value is -3.86. The molecular formula is C31H28O5. The number of carbonyl (C=O) groups excluding carboxylic acids is 2. The van der Waals surface area contributed by atoms with E-state index in [4.69, 9.17) is 14.2 Å². The van der Waals surface area contributed by atoms with Gasteiger partial charge in [-0.1, -0.05) is 74.5 Å². The Morgan fingerprint density at radius 3 is 1.81 bits per heavy atom. The third-order valence-electron chi connectivity index (χ3n) is 8.86. The maximum Gasteiger partial charge on any atom is 0.356 e. The van der Waals surface area contributed by atoms with Gasteiger partial charge in [-0.05, 0) is 53.8 Å². The highest BCUT2D eigenvalue weighted by Gasteiger charge is 2.76. The fourth-order valence-corrected chi connectivity index (χ4v) is 6.20. The SMILES string of the molecule is COc1cccc2cccc(-c3cccc4cccc(OC(=O)[C@@]56CC[C@@](C)(C(=O)O5)C6(C)C)c34)c12. The minimum atomic E-state index is -1.29. The van der Waals surface area contributed by atoms with Crippen molar-refractivity contribution in [2.45, 2.75) is 39.2 Å². The van der Waals surface area contributed by atoms with E-state index in [0.717, 1.165) is 38.4 Å². The summed E-state index contributed by atoms with van der Waals surface area (Å²) in [6.45, 7) is 5.76. The van der Waals surface area contributed by atoms with Gasteiger partial charge >= 0.3 is 11.9 Å². The van der Waals surface area contributed by atoms with Crippen molar-refractivity contribution in [1.29, 1.82) is 0 Å². The molecule has 1 saturated heterocycles.